The molecule has 5 heteroatoms. The zero-order valence-corrected chi connectivity index (χ0v) is 8.25. The Morgan fingerprint density at radius 1 is 1.38 bits per heavy atom. The third-order valence-electron chi connectivity index (χ3n) is 1.68. The van der Waals surface area contributed by atoms with Gasteiger partial charge in [-0.1, -0.05) is 0 Å². The predicted octanol–water partition coefficient (Wildman–Crippen LogP) is 1.82. The fourth-order valence-corrected chi connectivity index (χ4v) is 1.28. The van der Waals surface area contributed by atoms with Crippen LogP contribution in [0.3, 0.4) is 0 Å². The molecular formula is C8H7BrN4. The van der Waals surface area contributed by atoms with Gasteiger partial charge in [0.05, 0.1) is 0 Å². The highest BCUT2D eigenvalue weighted by molar-refractivity contribution is 9.10. The maximum Gasteiger partial charge on any atom is 0.155 e. The summed E-state index contributed by atoms with van der Waals surface area (Å²) in [5.41, 5.74) is 7.34. The molecule has 0 bridgehead atoms. The normalized spacial score (nSPS) is 10.2. The van der Waals surface area contributed by atoms with Crippen molar-refractivity contribution in [2.75, 3.05) is 5.73 Å². The van der Waals surface area contributed by atoms with Gasteiger partial charge in [0, 0.05) is 15.7 Å². The van der Waals surface area contributed by atoms with Crippen LogP contribution in [-0.2, 0) is 0 Å². The zero-order chi connectivity index (χ0) is 9.26. The first-order chi connectivity index (χ1) is 6.27. The van der Waals surface area contributed by atoms with Crippen LogP contribution >= 0.6 is 15.9 Å². The highest BCUT2D eigenvalue weighted by atomic mass is 79.9. The number of aromatic nitrogens is 3. The van der Waals surface area contributed by atoms with E-state index in [1.54, 1.807) is 0 Å². The number of nitrogens with two attached hydrogens (primary N) is 1. The molecule has 0 aliphatic rings. The molecule has 66 valence electrons. The molecule has 0 saturated carbocycles. The smallest absolute Gasteiger partial charge is 0.155 e. The number of anilines is 1. The summed E-state index contributed by atoms with van der Waals surface area (Å²) in [6.45, 7) is 0. The van der Waals surface area contributed by atoms with Crippen molar-refractivity contribution in [2.24, 2.45) is 0 Å². The summed E-state index contributed by atoms with van der Waals surface area (Å²) in [4.78, 5) is 4.02. The van der Waals surface area contributed by atoms with Crippen LogP contribution in [0.25, 0.3) is 11.4 Å². The minimum Gasteiger partial charge on any atom is -0.398 e. The SMILES string of the molecule is Nc1cc(-c2ncn[nH]2)ccc1Br. The van der Waals surface area contributed by atoms with E-state index in [1.807, 2.05) is 18.2 Å². The minimum atomic E-state index is 0.689. The summed E-state index contributed by atoms with van der Waals surface area (Å²) in [6.07, 6.45) is 1.47. The molecule has 0 aliphatic carbocycles. The molecule has 3 N–H and O–H groups in total. The third kappa shape index (κ3) is 1.55. The molecule has 0 unspecified atom stereocenters. The first kappa shape index (κ1) is 8.25. The molecule has 0 radical (unpaired) electrons. The number of hydrogen-bond donors (Lipinski definition) is 2. The van der Waals surface area contributed by atoms with E-state index in [1.165, 1.54) is 6.33 Å². The molecule has 1 aromatic heterocycles. The third-order valence-corrected chi connectivity index (χ3v) is 2.41. The van der Waals surface area contributed by atoms with E-state index in [0.717, 1.165) is 15.9 Å². The number of halogens is 1. The largest absolute Gasteiger partial charge is 0.398 e. The summed E-state index contributed by atoms with van der Waals surface area (Å²) in [7, 11) is 0. The fourth-order valence-electron chi connectivity index (χ4n) is 1.04. The average molecular weight is 239 g/mol. The lowest BCUT2D eigenvalue weighted by molar-refractivity contribution is 1.10. The van der Waals surface area contributed by atoms with Gasteiger partial charge < -0.3 is 5.73 Å². The topological polar surface area (TPSA) is 67.6 Å². The molecule has 1 heterocycles. The van der Waals surface area contributed by atoms with Crippen molar-refractivity contribution >= 4 is 21.6 Å². The fraction of sp³-hybridized carbons (Fsp3) is 0. The molecule has 0 aliphatic heterocycles. The van der Waals surface area contributed by atoms with E-state index >= 15 is 0 Å². The highest BCUT2D eigenvalue weighted by Gasteiger charge is 2.02. The van der Waals surface area contributed by atoms with E-state index in [-0.39, 0.29) is 0 Å². The number of hydrogen-bond acceptors (Lipinski definition) is 3. The number of benzene rings is 1. The lowest BCUT2D eigenvalue weighted by atomic mass is 10.2. The summed E-state index contributed by atoms with van der Waals surface area (Å²) in [5, 5.41) is 6.53. The summed E-state index contributed by atoms with van der Waals surface area (Å²) in [6, 6.07) is 5.64. The Morgan fingerprint density at radius 3 is 2.85 bits per heavy atom. The number of nitrogens with zero attached hydrogens (tertiary/aromatic N) is 2. The van der Waals surface area contributed by atoms with Crippen LogP contribution in [0, 0.1) is 0 Å². The van der Waals surface area contributed by atoms with E-state index in [4.69, 9.17) is 5.73 Å². The van der Waals surface area contributed by atoms with Gasteiger partial charge in [-0.15, -0.1) is 0 Å². The molecule has 13 heavy (non-hydrogen) atoms. The van der Waals surface area contributed by atoms with Crippen molar-refractivity contribution in [3.63, 3.8) is 0 Å². The zero-order valence-electron chi connectivity index (χ0n) is 6.66. The van der Waals surface area contributed by atoms with Crippen LogP contribution in [0.5, 0.6) is 0 Å². The van der Waals surface area contributed by atoms with Crippen LogP contribution in [0.4, 0.5) is 5.69 Å². The number of rotatable bonds is 1. The van der Waals surface area contributed by atoms with Crippen molar-refractivity contribution in [1.29, 1.82) is 0 Å². The molecular weight excluding hydrogens is 232 g/mol. The van der Waals surface area contributed by atoms with Gasteiger partial charge in [0.1, 0.15) is 6.33 Å². The Labute approximate surface area is 83.3 Å². The van der Waals surface area contributed by atoms with E-state index in [0.29, 0.717) is 5.69 Å². The van der Waals surface area contributed by atoms with Gasteiger partial charge in [-0.25, -0.2) is 4.98 Å². The molecule has 0 amide bonds. The van der Waals surface area contributed by atoms with Gasteiger partial charge in [-0.2, -0.15) is 5.10 Å². The minimum absolute atomic E-state index is 0.689. The van der Waals surface area contributed by atoms with Gasteiger partial charge in [-0.05, 0) is 34.1 Å². The molecule has 1 aromatic carbocycles. The Kier molecular flexibility index (Phi) is 2.02. The monoisotopic (exact) mass is 238 g/mol. The molecule has 0 saturated heterocycles. The second-order valence-electron chi connectivity index (χ2n) is 2.57. The van der Waals surface area contributed by atoms with Crippen molar-refractivity contribution in [1.82, 2.24) is 15.2 Å². The number of aromatic amines is 1. The molecule has 2 rings (SSSR count). The lowest BCUT2D eigenvalue weighted by Gasteiger charge is -2.00. The lowest BCUT2D eigenvalue weighted by Crippen LogP contribution is -1.88. The number of H-pyrrole nitrogens is 1. The summed E-state index contributed by atoms with van der Waals surface area (Å²) >= 11 is 3.32. The van der Waals surface area contributed by atoms with Crippen LogP contribution < -0.4 is 5.73 Å². The Balaban J connectivity index is 2.49. The van der Waals surface area contributed by atoms with Gasteiger partial charge in [0.25, 0.3) is 0 Å². The van der Waals surface area contributed by atoms with Crippen LogP contribution in [0.2, 0.25) is 0 Å². The van der Waals surface area contributed by atoms with Crippen molar-refractivity contribution < 1.29 is 0 Å². The van der Waals surface area contributed by atoms with E-state index in [9.17, 15) is 0 Å². The molecule has 4 nitrogen and oxygen atoms in total. The number of nitrogens with one attached hydrogen (secondary N) is 1. The van der Waals surface area contributed by atoms with Crippen molar-refractivity contribution in [3.8, 4) is 11.4 Å². The maximum absolute atomic E-state index is 5.72. The molecule has 0 spiro atoms. The molecule has 0 fully saturated rings. The van der Waals surface area contributed by atoms with Crippen molar-refractivity contribution in [3.05, 3.63) is 29.0 Å². The Hall–Kier alpha value is -1.36. The van der Waals surface area contributed by atoms with Crippen LogP contribution in [0.15, 0.2) is 29.0 Å². The van der Waals surface area contributed by atoms with Crippen LogP contribution in [0.1, 0.15) is 0 Å². The van der Waals surface area contributed by atoms with Gasteiger partial charge >= 0.3 is 0 Å². The Morgan fingerprint density at radius 2 is 2.23 bits per heavy atom. The van der Waals surface area contributed by atoms with Gasteiger partial charge in [0.2, 0.25) is 0 Å². The van der Waals surface area contributed by atoms with E-state index in [2.05, 4.69) is 31.1 Å². The Bertz CT molecular complexity index is 410. The summed E-state index contributed by atoms with van der Waals surface area (Å²) < 4.78 is 0.885. The molecule has 0 atom stereocenters. The quantitative estimate of drug-likeness (QED) is 0.745. The van der Waals surface area contributed by atoms with Crippen molar-refractivity contribution in [2.45, 2.75) is 0 Å². The second kappa shape index (κ2) is 3.18. The average Bonchev–Trinajstić information content (AvgIpc) is 2.62. The number of nitrogen functional groups attached to an aromatic ring is 1. The van der Waals surface area contributed by atoms with Gasteiger partial charge in [0.15, 0.2) is 5.82 Å². The predicted molar refractivity (Wildman–Crippen MR) is 53.9 cm³/mol. The first-order valence-corrected chi connectivity index (χ1v) is 4.47. The van der Waals surface area contributed by atoms with Gasteiger partial charge in [-0.3, -0.25) is 5.10 Å². The van der Waals surface area contributed by atoms with Crippen LogP contribution in [-0.4, -0.2) is 15.2 Å². The summed E-state index contributed by atoms with van der Waals surface area (Å²) in [5.74, 6) is 0.721. The highest BCUT2D eigenvalue weighted by Crippen LogP contribution is 2.24. The van der Waals surface area contributed by atoms with E-state index < -0.39 is 0 Å². The first-order valence-electron chi connectivity index (χ1n) is 3.68. The molecule has 2 aromatic rings. The maximum atomic E-state index is 5.72. The standard InChI is InChI=1S/C8H7BrN4/c9-6-2-1-5(3-7(6)10)8-11-4-12-13-8/h1-4H,10H2,(H,11,12,13). The second-order valence-corrected chi connectivity index (χ2v) is 3.42.